The lowest BCUT2D eigenvalue weighted by molar-refractivity contribution is -0.138. The van der Waals surface area contributed by atoms with E-state index >= 15 is 0 Å². The Balaban J connectivity index is 1.68. The largest absolute Gasteiger partial charge is 0.494 e. The number of nitrogens with zero attached hydrogens (tertiary/aromatic N) is 2. The summed E-state index contributed by atoms with van der Waals surface area (Å²) in [7, 11) is 1.73. The molecule has 0 spiro atoms. The minimum atomic E-state index is -0.508. The van der Waals surface area contributed by atoms with Gasteiger partial charge in [0.25, 0.3) is 0 Å². The summed E-state index contributed by atoms with van der Waals surface area (Å²) in [5.41, 5.74) is 1.01. The van der Waals surface area contributed by atoms with E-state index in [1.54, 1.807) is 11.9 Å². The second kappa shape index (κ2) is 9.60. The first-order valence-electron chi connectivity index (χ1n) is 9.99. The van der Waals surface area contributed by atoms with E-state index in [-0.39, 0.29) is 18.2 Å². The van der Waals surface area contributed by atoms with Gasteiger partial charge in [0.05, 0.1) is 25.6 Å². The van der Waals surface area contributed by atoms with Crippen LogP contribution in [0.15, 0.2) is 40.8 Å². The number of carbonyl (C=O) groups excluding carboxylic acids is 2. The smallest absolute Gasteiger partial charge is 0.237 e. The summed E-state index contributed by atoms with van der Waals surface area (Å²) in [5.74, 6) is 2.15. The van der Waals surface area contributed by atoms with Gasteiger partial charge in [0, 0.05) is 32.2 Å². The molecule has 7 heteroatoms. The summed E-state index contributed by atoms with van der Waals surface area (Å²) in [5, 5.41) is 2.88. The van der Waals surface area contributed by atoms with Gasteiger partial charge in [0.1, 0.15) is 17.3 Å². The van der Waals surface area contributed by atoms with E-state index in [2.05, 4.69) is 10.2 Å². The lowest BCUT2D eigenvalue weighted by Gasteiger charge is -2.35. The van der Waals surface area contributed by atoms with E-state index in [0.717, 1.165) is 22.8 Å². The maximum Gasteiger partial charge on any atom is 0.237 e. The van der Waals surface area contributed by atoms with Crippen LogP contribution in [0, 0.1) is 6.92 Å². The van der Waals surface area contributed by atoms with Crippen LogP contribution in [0.5, 0.6) is 5.75 Å². The van der Waals surface area contributed by atoms with Gasteiger partial charge in [-0.15, -0.1) is 0 Å². The molecular formula is C22H29N3O4. The first-order valence-corrected chi connectivity index (χ1v) is 9.99. The molecular weight excluding hydrogens is 370 g/mol. The minimum Gasteiger partial charge on any atom is -0.494 e. The van der Waals surface area contributed by atoms with E-state index in [0.29, 0.717) is 32.8 Å². The van der Waals surface area contributed by atoms with Gasteiger partial charge in [-0.2, -0.15) is 0 Å². The number of benzene rings is 1. The van der Waals surface area contributed by atoms with Gasteiger partial charge in [-0.05, 0) is 32.0 Å². The first kappa shape index (κ1) is 20.9. The molecule has 156 valence electrons. The van der Waals surface area contributed by atoms with Crippen LogP contribution >= 0.6 is 0 Å². The Morgan fingerprint density at radius 3 is 2.83 bits per heavy atom. The van der Waals surface area contributed by atoms with E-state index < -0.39 is 6.04 Å². The van der Waals surface area contributed by atoms with Crippen molar-refractivity contribution in [2.24, 2.45) is 0 Å². The van der Waals surface area contributed by atoms with Crippen molar-refractivity contribution in [3.63, 3.8) is 0 Å². The number of rotatable bonds is 8. The van der Waals surface area contributed by atoms with Gasteiger partial charge in [0.15, 0.2) is 0 Å². The normalized spacial score (nSPS) is 17.1. The predicted molar refractivity (Wildman–Crippen MR) is 109 cm³/mol. The van der Waals surface area contributed by atoms with Crippen molar-refractivity contribution in [1.29, 1.82) is 0 Å². The van der Waals surface area contributed by atoms with Crippen molar-refractivity contribution in [3.05, 3.63) is 53.5 Å². The molecule has 1 aliphatic heterocycles. The highest BCUT2D eigenvalue weighted by atomic mass is 16.5. The third-order valence-electron chi connectivity index (χ3n) is 5.07. The Morgan fingerprint density at radius 1 is 1.31 bits per heavy atom. The van der Waals surface area contributed by atoms with Crippen molar-refractivity contribution in [3.8, 4) is 5.75 Å². The summed E-state index contributed by atoms with van der Waals surface area (Å²) in [6.45, 7) is 6.60. The molecule has 2 amide bonds. The topological polar surface area (TPSA) is 75.0 Å². The molecule has 0 unspecified atom stereocenters. The van der Waals surface area contributed by atoms with Gasteiger partial charge >= 0.3 is 0 Å². The molecule has 3 rings (SSSR count). The zero-order valence-electron chi connectivity index (χ0n) is 17.3. The number of hydrogen-bond donors (Lipinski definition) is 1. The van der Waals surface area contributed by atoms with E-state index in [9.17, 15) is 9.59 Å². The standard InChI is InChI=1S/C22H29N3O4/c1-4-28-20-8-6-5-7-17(20)14-25-12-11-23-22(27)19(25)13-21(26)24(3)15-18-10-9-16(2)29-18/h5-10,19H,4,11-15H2,1-3H3,(H,23,27)/t19-/m0/s1. The van der Waals surface area contributed by atoms with E-state index in [1.165, 1.54) is 0 Å². The van der Waals surface area contributed by atoms with Gasteiger partial charge in [0.2, 0.25) is 11.8 Å². The van der Waals surface area contributed by atoms with Crippen LogP contribution in [0.2, 0.25) is 0 Å². The summed E-state index contributed by atoms with van der Waals surface area (Å²) >= 11 is 0. The van der Waals surface area contributed by atoms with Crippen molar-refractivity contribution >= 4 is 11.8 Å². The molecule has 1 aliphatic rings. The van der Waals surface area contributed by atoms with Crippen LogP contribution in [0.1, 0.15) is 30.4 Å². The maximum atomic E-state index is 12.8. The van der Waals surface area contributed by atoms with Crippen molar-refractivity contribution in [1.82, 2.24) is 15.1 Å². The van der Waals surface area contributed by atoms with Gasteiger partial charge in [-0.1, -0.05) is 18.2 Å². The number of ether oxygens (including phenoxy) is 1. The van der Waals surface area contributed by atoms with Crippen molar-refractivity contribution in [2.45, 2.75) is 39.4 Å². The third kappa shape index (κ3) is 5.38. The summed E-state index contributed by atoms with van der Waals surface area (Å²) in [6.07, 6.45) is 0.124. The van der Waals surface area contributed by atoms with Crippen LogP contribution in [0.4, 0.5) is 0 Å². The highest BCUT2D eigenvalue weighted by Crippen LogP contribution is 2.23. The molecule has 7 nitrogen and oxygen atoms in total. The Kier molecular flexibility index (Phi) is 6.93. The number of piperazine rings is 1. The Labute approximate surface area is 171 Å². The highest BCUT2D eigenvalue weighted by Gasteiger charge is 2.33. The summed E-state index contributed by atoms with van der Waals surface area (Å²) in [6, 6.07) is 11.1. The molecule has 0 bridgehead atoms. The zero-order valence-corrected chi connectivity index (χ0v) is 17.3. The SMILES string of the molecule is CCOc1ccccc1CN1CCNC(=O)[C@@H]1CC(=O)N(C)Cc1ccc(C)o1. The number of aryl methyl sites for hydroxylation is 1. The molecule has 1 atom stereocenters. The van der Waals surface area contributed by atoms with Crippen LogP contribution in [0.25, 0.3) is 0 Å². The number of amides is 2. The number of carbonyl (C=O) groups is 2. The lowest BCUT2D eigenvalue weighted by Crippen LogP contribution is -2.56. The molecule has 29 heavy (non-hydrogen) atoms. The van der Waals surface area contributed by atoms with Gasteiger partial charge in [-0.3, -0.25) is 14.5 Å². The molecule has 1 saturated heterocycles. The van der Waals surface area contributed by atoms with E-state index in [1.807, 2.05) is 50.2 Å². The van der Waals surface area contributed by atoms with Gasteiger partial charge < -0.3 is 19.4 Å². The zero-order chi connectivity index (χ0) is 20.8. The summed E-state index contributed by atoms with van der Waals surface area (Å²) < 4.78 is 11.3. The Bertz CT molecular complexity index is 848. The molecule has 1 aromatic heterocycles. The molecule has 2 heterocycles. The monoisotopic (exact) mass is 399 g/mol. The van der Waals surface area contributed by atoms with Crippen LogP contribution in [0.3, 0.4) is 0 Å². The first-order chi connectivity index (χ1) is 14.0. The van der Waals surface area contributed by atoms with E-state index in [4.69, 9.17) is 9.15 Å². The molecule has 1 fully saturated rings. The Hall–Kier alpha value is -2.80. The molecule has 0 aliphatic carbocycles. The fraction of sp³-hybridized carbons (Fsp3) is 0.455. The average molecular weight is 399 g/mol. The number of para-hydroxylation sites is 1. The number of nitrogens with one attached hydrogen (secondary N) is 1. The molecule has 1 N–H and O–H groups in total. The predicted octanol–water partition coefficient (Wildman–Crippen LogP) is 2.34. The summed E-state index contributed by atoms with van der Waals surface area (Å²) in [4.78, 5) is 29.0. The molecule has 0 radical (unpaired) electrons. The average Bonchev–Trinajstić information content (AvgIpc) is 3.10. The fourth-order valence-corrected chi connectivity index (χ4v) is 3.54. The van der Waals surface area contributed by atoms with Gasteiger partial charge in [-0.25, -0.2) is 0 Å². The number of furan rings is 1. The van der Waals surface area contributed by atoms with Crippen molar-refractivity contribution in [2.75, 3.05) is 26.7 Å². The maximum absolute atomic E-state index is 12.8. The Morgan fingerprint density at radius 2 is 2.10 bits per heavy atom. The lowest BCUT2D eigenvalue weighted by atomic mass is 10.1. The quantitative estimate of drug-likeness (QED) is 0.737. The third-order valence-corrected chi connectivity index (χ3v) is 5.07. The highest BCUT2D eigenvalue weighted by molar-refractivity contribution is 5.88. The van der Waals surface area contributed by atoms with Crippen molar-refractivity contribution < 1.29 is 18.7 Å². The van der Waals surface area contributed by atoms with Crippen LogP contribution < -0.4 is 10.1 Å². The fourth-order valence-electron chi connectivity index (χ4n) is 3.54. The number of hydrogen-bond acceptors (Lipinski definition) is 5. The molecule has 1 aromatic carbocycles. The molecule has 2 aromatic rings. The second-order valence-electron chi connectivity index (χ2n) is 7.28. The van der Waals surface area contributed by atoms with Crippen LogP contribution in [-0.4, -0.2) is 54.4 Å². The second-order valence-corrected chi connectivity index (χ2v) is 7.28. The van der Waals surface area contributed by atoms with Crippen LogP contribution in [-0.2, 0) is 22.7 Å². The molecule has 0 saturated carbocycles. The minimum absolute atomic E-state index is 0.0933.